The number of hydrogen-bond acceptors (Lipinski definition) is 7. The number of likely N-dealkylation sites (tertiary alicyclic amines) is 1. The number of nitrogens with zero attached hydrogens (tertiary/aromatic N) is 3. The van der Waals surface area contributed by atoms with Crippen molar-refractivity contribution in [2.45, 2.75) is 58.8 Å². The molecule has 9 nitrogen and oxygen atoms in total. The summed E-state index contributed by atoms with van der Waals surface area (Å²) >= 11 is 0. The molecule has 0 bridgehead atoms. The number of rotatable bonds is 8. The van der Waals surface area contributed by atoms with Gasteiger partial charge in [0.2, 0.25) is 18.6 Å². The molecule has 2 saturated heterocycles. The van der Waals surface area contributed by atoms with Crippen LogP contribution in [0.2, 0.25) is 0 Å². The van der Waals surface area contributed by atoms with Crippen LogP contribution < -0.4 is 19.5 Å². The molecule has 0 spiro atoms. The number of fused-ring (bicyclic) bond motifs is 1. The Morgan fingerprint density at radius 2 is 1.73 bits per heavy atom. The second-order valence-corrected chi connectivity index (χ2v) is 12.2. The number of amides is 2. The lowest BCUT2D eigenvalue weighted by Gasteiger charge is -2.33. The van der Waals surface area contributed by atoms with Crippen LogP contribution in [0.15, 0.2) is 42.5 Å². The number of carbonyl (C=O) groups is 2. The molecule has 0 saturated carbocycles. The summed E-state index contributed by atoms with van der Waals surface area (Å²) in [5, 5.41) is 3.34. The Bertz CT molecular complexity index is 1190. The van der Waals surface area contributed by atoms with E-state index in [0.717, 1.165) is 41.5 Å². The number of hydrogen-bond donors (Lipinski definition) is 1. The molecule has 1 N–H and O–H groups in total. The Labute approximate surface area is 237 Å². The molecule has 216 valence electrons. The van der Waals surface area contributed by atoms with E-state index in [1.807, 2.05) is 52.3 Å². The monoisotopic (exact) mass is 550 g/mol. The first-order valence-corrected chi connectivity index (χ1v) is 14.2. The van der Waals surface area contributed by atoms with Gasteiger partial charge in [0.1, 0.15) is 5.75 Å². The predicted octanol–water partition coefficient (Wildman–Crippen LogP) is 3.26. The Morgan fingerprint density at radius 1 is 1.02 bits per heavy atom. The molecule has 0 unspecified atom stereocenters. The van der Waals surface area contributed by atoms with Crippen LogP contribution >= 0.6 is 0 Å². The van der Waals surface area contributed by atoms with E-state index in [0.29, 0.717) is 45.6 Å². The van der Waals surface area contributed by atoms with Crippen LogP contribution in [0.1, 0.15) is 44.7 Å². The Morgan fingerprint density at radius 3 is 2.42 bits per heavy atom. The molecule has 3 heterocycles. The molecule has 9 heteroatoms. The van der Waals surface area contributed by atoms with Crippen molar-refractivity contribution in [1.29, 1.82) is 0 Å². The summed E-state index contributed by atoms with van der Waals surface area (Å²) in [4.78, 5) is 33.9. The minimum Gasteiger partial charge on any atom is -0.497 e. The molecule has 2 aromatic carbocycles. The second kappa shape index (κ2) is 12.1. The highest BCUT2D eigenvalue weighted by molar-refractivity contribution is 5.83. The molecule has 5 rings (SSSR count). The maximum Gasteiger partial charge on any atom is 0.240 e. The lowest BCUT2D eigenvalue weighted by molar-refractivity contribution is -0.138. The third-order valence-electron chi connectivity index (χ3n) is 7.87. The molecular weight excluding hydrogens is 508 g/mol. The van der Waals surface area contributed by atoms with Crippen molar-refractivity contribution in [2.24, 2.45) is 5.41 Å². The van der Waals surface area contributed by atoms with Crippen LogP contribution in [-0.4, -0.2) is 85.2 Å². The molecule has 2 aromatic rings. The topological polar surface area (TPSA) is 83.6 Å². The molecular formula is C31H42N4O5. The molecule has 0 aromatic heterocycles. The summed E-state index contributed by atoms with van der Waals surface area (Å²) in [7, 11) is 1.65. The van der Waals surface area contributed by atoms with E-state index in [2.05, 4.69) is 31.0 Å². The molecule has 2 fully saturated rings. The average Bonchev–Trinajstić information content (AvgIpc) is 3.58. The van der Waals surface area contributed by atoms with Crippen LogP contribution in [0.25, 0.3) is 0 Å². The zero-order chi connectivity index (χ0) is 28.3. The number of methoxy groups -OCH3 is 1. The highest BCUT2D eigenvalue weighted by Gasteiger charge is 2.42. The van der Waals surface area contributed by atoms with Gasteiger partial charge in [-0.3, -0.25) is 14.5 Å². The number of piperazine rings is 1. The second-order valence-electron chi connectivity index (χ2n) is 12.2. The number of ether oxygens (including phenoxy) is 3. The summed E-state index contributed by atoms with van der Waals surface area (Å²) in [6.45, 7) is 11.2. The van der Waals surface area contributed by atoms with E-state index >= 15 is 0 Å². The molecule has 2 atom stereocenters. The van der Waals surface area contributed by atoms with Crippen LogP contribution in [0.3, 0.4) is 0 Å². The fourth-order valence-electron chi connectivity index (χ4n) is 5.81. The van der Waals surface area contributed by atoms with E-state index < -0.39 is 0 Å². The molecule has 2 amide bonds. The number of benzene rings is 2. The molecule has 3 aliphatic rings. The zero-order valence-corrected chi connectivity index (χ0v) is 24.2. The SMILES string of the molecule is COc1ccc(CN(C(=O)CC(C)(C)C)[C@H]2C[C@@H](C(=O)N3CCNCC3)N(Cc3ccc4c(c3)OCO4)C2)cc1. The van der Waals surface area contributed by atoms with Gasteiger partial charge in [0.15, 0.2) is 11.5 Å². The molecule has 3 aliphatic heterocycles. The number of nitrogens with one attached hydrogen (secondary N) is 1. The Balaban J connectivity index is 1.41. The third-order valence-corrected chi connectivity index (χ3v) is 7.87. The van der Waals surface area contributed by atoms with Gasteiger partial charge in [-0.25, -0.2) is 0 Å². The largest absolute Gasteiger partial charge is 0.497 e. The van der Waals surface area contributed by atoms with Gasteiger partial charge in [-0.1, -0.05) is 39.0 Å². The zero-order valence-electron chi connectivity index (χ0n) is 24.2. The van der Waals surface area contributed by atoms with Crippen molar-refractivity contribution in [3.63, 3.8) is 0 Å². The van der Waals surface area contributed by atoms with Crippen molar-refractivity contribution in [2.75, 3.05) is 46.6 Å². The van der Waals surface area contributed by atoms with E-state index in [-0.39, 0.29) is 36.1 Å². The van der Waals surface area contributed by atoms with Gasteiger partial charge in [-0.2, -0.15) is 0 Å². The van der Waals surface area contributed by atoms with Crippen LogP contribution in [0.5, 0.6) is 17.2 Å². The van der Waals surface area contributed by atoms with Gasteiger partial charge in [0, 0.05) is 58.3 Å². The Hall–Kier alpha value is -3.30. The fourth-order valence-corrected chi connectivity index (χ4v) is 5.81. The molecule has 40 heavy (non-hydrogen) atoms. The van der Waals surface area contributed by atoms with E-state index in [9.17, 15) is 9.59 Å². The molecule has 0 radical (unpaired) electrons. The van der Waals surface area contributed by atoms with E-state index in [1.54, 1.807) is 7.11 Å². The summed E-state index contributed by atoms with van der Waals surface area (Å²) in [5.41, 5.74) is 1.96. The first kappa shape index (κ1) is 28.2. The summed E-state index contributed by atoms with van der Waals surface area (Å²) in [6.07, 6.45) is 1.05. The van der Waals surface area contributed by atoms with Crippen LogP contribution in [-0.2, 0) is 22.7 Å². The fraction of sp³-hybridized carbons (Fsp3) is 0.548. The quantitative estimate of drug-likeness (QED) is 0.540. The smallest absolute Gasteiger partial charge is 0.240 e. The van der Waals surface area contributed by atoms with Crippen molar-refractivity contribution >= 4 is 11.8 Å². The van der Waals surface area contributed by atoms with Gasteiger partial charge < -0.3 is 29.3 Å². The molecule has 0 aliphatic carbocycles. The van der Waals surface area contributed by atoms with Gasteiger partial charge >= 0.3 is 0 Å². The summed E-state index contributed by atoms with van der Waals surface area (Å²) in [6, 6.07) is 13.5. The number of carbonyl (C=O) groups excluding carboxylic acids is 2. The van der Waals surface area contributed by atoms with Gasteiger partial charge in [-0.05, 0) is 47.2 Å². The van der Waals surface area contributed by atoms with Crippen molar-refractivity contribution in [3.8, 4) is 17.2 Å². The summed E-state index contributed by atoms with van der Waals surface area (Å²) in [5.74, 6) is 2.53. The van der Waals surface area contributed by atoms with Gasteiger partial charge in [0.05, 0.1) is 13.2 Å². The van der Waals surface area contributed by atoms with E-state index in [1.165, 1.54) is 0 Å². The standard InChI is InChI=1S/C31H42N4O5/c1-31(2,3)17-29(36)35(19-22-5-8-25(38-4)9-6-22)24-16-26(30(37)33-13-11-32-12-14-33)34(20-24)18-23-7-10-27-28(15-23)40-21-39-27/h5-10,15,24,26,32H,11-14,16-21H2,1-4H3/t24-,26-/m0/s1. The minimum atomic E-state index is -0.297. The van der Waals surface area contributed by atoms with Gasteiger partial charge in [0.25, 0.3) is 0 Å². The van der Waals surface area contributed by atoms with Crippen molar-refractivity contribution in [3.05, 3.63) is 53.6 Å². The van der Waals surface area contributed by atoms with Crippen molar-refractivity contribution in [1.82, 2.24) is 20.0 Å². The lowest BCUT2D eigenvalue weighted by atomic mass is 9.91. The maximum absolute atomic E-state index is 13.9. The Kier molecular flexibility index (Phi) is 8.51. The highest BCUT2D eigenvalue weighted by atomic mass is 16.7. The van der Waals surface area contributed by atoms with Crippen molar-refractivity contribution < 1.29 is 23.8 Å². The van der Waals surface area contributed by atoms with E-state index in [4.69, 9.17) is 14.2 Å². The first-order chi connectivity index (χ1) is 19.2. The first-order valence-electron chi connectivity index (χ1n) is 14.2. The third kappa shape index (κ3) is 6.70. The maximum atomic E-state index is 13.9. The predicted molar refractivity (Wildman–Crippen MR) is 152 cm³/mol. The van der Waals surface area contributed by atoms with Crippen LogP contribution in [0, 0.1) is 5.41 Å². The normalized spacial score (nSPS) is 20.9. The van der Waals surface area contributed by atoms with Crippen LogP contribution in [0.4, 0.5) is 0 Å². The summed E-state index contributed by atoms with van der Waals surface area (Å²) < 4.78 is 16.4. The lowest BCUT2D eigenvalue weighted by Crippen LogP contribution is -2.52. The average molecular weight is 551 g/mol. The highest BCUT2D eigenvalue weighted by Crippen LogP contribution is 2.35. The van der Waals surface area contributed by atoms with Gasteiger partial charge in [-0.15, -0.1) is 0 Å². The minimum absolute atomic E-state index is 0.0807.